The Bertz CT molecular complexity index is 340. The SMILES string of the molecule is COc1cccc(C(C)NC(CCO)CSC)c1. The average molecular weight is 269 g/mol. The van der Waals surface area contributed by atoms with Gasteiger partial charge < -0.3 is 15.2 Å². The summed E-state index contributed by atoms with van der Waals surface area (Å²) in [6, 6.07) is 8.68. The Morgan fingerprint density at radius 2 is 2.22 bits per heavy atom. The third kappa shape index (κ3) is 4.88. The van der Waals surface area contributed by atoms with Crippen LogP contribution in [0.3, 0.4) is 0 Å². The highest BCUT2D eigenvalue weighted by Gasteiger charge is 2.13. The molecule has 0 spiro atoms. The lowest BCUT2D eigenvalue weighted by Gasteiger charge is -2.22. The summed E-state index contributed by atoms with van der Waals surface area (Å²) in [6.07, 6.45) is 2.87. The van der Waals surface area contributed by atoms with Gasteiger partial charge in [0, 0.05) is 24.4 Å². The molecule has 1 aromatic carbocycles. The quantitative estimate of drug-likeness (QED) is 0.761. The van der Waals surface area contributed by atoms with Gasteiger partial charge in [0.25, 0.3) is 0 Å². The van der Waals surface area contributed by atoms with Crippen molar-refractivity contribution in [2.24, 2.45) is 0 Å². The molecule has 2 unspecified atom stereocenters. The summed E-state index contributed by atoms with van der Waals surface area (Å²) in [7, 11) is 1.68. The highest BCUT2D eigenvalue weighted by Crippen LogP contribution is 2.19. The molecule has 1 rings (SSSR count). The number of benzene rings is 1. The first-order valence-corrected chi connectivity index (χ1v) is 7.60. The van der Waals surface area contributed by atoms with Crippen molar-refractivity contribution in [1.29, 1.82) is 0 Å². The van der Waals surface area contributed by atoms with Crippen LogP contribution in [0.2, 0.25) is 0 Å². The van der Waals surface area contributed by atoms with E-state index in [0.29, 0.717) is 6.04 Å². The van der Waals surface area contributed by atoms with Crippen LogP contribution in [-0.4, -0.2) is 36.9 Å². The minimum atomic E-state index is 0.225. The lowest BCUT2D eigenvalue weighted by molar-refractivity contribution is 0.265. The van der Waals surface area contributed by atoms with Gasteiger partial charge in [0.05, 0.1) is 7.11 Å². The molecule has 2 atom stereocenters. The summed E-state index contributed by atoms with van der Waals surface area (Å²) in [4.78, 5) is 0. The third-order valence-corrected chi connectivity index (χ3v) is 3.66. The highest BCUT2D eigenvalue weighted by atomic mass is 32.2. The van der Waals surface area contributed by atoms with Crippen LogP contribution in [0.25, 0.3) is 0 Å². The molecule has 4 heteroatoms. The van der Waals surface area contributed by atoms with Gasteiger partial charge in [-0.2, -0.15) is 11.8 Å². The molecule has 3 nitrogen and oxygen atoms in total. The fraction of sp³-hybridized carbons (Fsp3) is 0.571. The average Bonchev–Trinajstić information content (AvgIpc) is 2.39. The number of methoxy groups -OCH3 is 1. The van der Waals surface area contributed by atoms with Crippen LogP contribution in [0.1, 0.15) is 24.9 Å². The fourth-order valence-electron chi connectivity index (χ4n) is 1.93. The van der Waals surface area contributed by atoms with Gasteiger partial charge in [-0.3, -0.25) is 0 Å². The van der Waals surface area contributed by atoms with Crippen molar-refractivity contribution in [2.75, 3.05) is 25.7 Å². The Kier molecular flexibility index (Phi) is 7.16. The number of thioether (sulfide) groups is 1. The Morgan fingerprint density at radius 3 is 2.83 bits per heavy atom. The predicted molar refractivity (Wildman–Crippen MR) is 78.4 cm³/mol. The van der Waals surface area contributed by atoms with E-state index in [4.69, 9.17) is 9.84 Å². The molecule has 0 aliphatic rings. The van der Waals surface area contributed by atoms with Crippen LogP contribution in [0.15, 0.2) is 24.3 Å². The second-order valence-electron chi connectivity index (χ2n) is 4.33. The molecule has 0 aliphatic heterocycles. The first-order chi connectivity index (χ1) is 8.71. The number of hydrogen-bond acceptors (Lipinski definition) is 4. The van der Waals surface area contributed by atoms with E-state index in [1.54, 1.807) is 18.9 Å². The number of aliphatic hydroxyl groups is 1. The largest absolute Gasteiger partial charge is 0.497 e. The van der Waals surface area contributed by atoms with Crippen LogP contribution < -0.4 is 10.1 Å². The van der Waals surface area contributed by atoms with Crippen LogP contribution in [0.5, 0.6) is 5.75 Å². The Morgan fingerprint density at radius 1 is 1.44 bits per heavy atom. The molecular weight excluding hydrogens is 246 g/mol. The van der Waals surface area contributed by atoms with Crippen LogP contribution >= 0.6 is 11.8 Å². The van der Waals surface area contributed by atoms with Crippen LogP contribution in [0, 0.1) is 0 Å². The first kappa shape index (κ1) is 15.3. The molecule has 0 amide bonds. The van der Waals surface area contributed by atoms with E-state index < -0.39 is 0 Å². The van der Waals surface area contributed by atoms with Crippen molar-refractivity contribution in [3.8, 4) is 5.75 Å². The minimum absolute atomic E-state index is 0.225. The van der Waals surface area contributed by atoms with Gasteiger partial charge in [0.2, 0.25) is 0 Å². The van der Waals surface area contributed by atoms with Crippen LogP contribution in [0.4, 0.5) is 0 Å². The van der Waals surface area contributed by atoms with Gasteiger partial charge in [-0.25, -0.2) is 0 Å². The summed E-state index contributed by atoms with van der Waals surface area (Å²) in [5, 5.41) is 12.6. The van der Waals surface area contributed by atoms with Crippen molar-refractivity contribution in [2.45, 2.75) is 25.4 Å². The van der Waals surface area contributed by atoms with Gasteiger partial charge in [0.1, 0.15) is 5.75 Å². The van der Waals surface area contributed by atoms with Gasteiger partial charge in [-0.05, 0) is 37.3 Å². The molecule has 0 bridgehead atoms. The maximum atomic E-state index is 9.06. The summed E-state index contributed by atoms with van der Waals surface area (Å²) in [6.45, 7) is 2.36. The van der Waals surface area contributed by atoms with Crippen molar-refractivity contribution >= 4 is 11.8 Å². The third-order valence-electron chi connectivity index (χ3n) is 2.92. The summed E-state index contributed by atoms with van der Waals surface area (Å²) in [5.41, 5.74) is 1.21. The van der Waals surface area contributed by atoms with E-state index >= 15 is 0 Å². The maximum absolute atomic E-state index is 9.06. The second-order valence-corrected chi connectivity index (χ2v) is 5.24. The number of hydrogen-bond donors (Lipinski definition) is 2. The van der Waals surface area contributed by atoms with E-state index in [-0.39, 0.29) is 12.6 Å². The molecule has 0 radical (unpaired) electrons. The van der Waals surface area contributed by atoms with Crippen molar-refractivity contribution in [3.63, 3.8) is 0 Å². The summed E-state index contributed by atoms with van der Waals surface area (Å²) in [5.74, 6) is 1.89. The Balaban J connectivity index is 2.63. The van der Waals surface area contributed by atoms with Crippen molar-refractivity contribution in [3.05, 3.63) is 29.8 Å². The standard InChI is InChI=1S/C14H23NO2S/c1-11(15-13(7-8-16)10-18-3)12-5-4-6-14(9-12)17-2/h4-6,9,11,13,15-16H,7-8,10H2,1-3H3. The maximum Gasteiger partial charge on any atom is 0.119 e. The molecule has 102 valence electrons. The van der Waals surface area contributed by atoms with Gasteiger partial charge in [-0.1, -0.05) is 12.1 Å². The van der Waals surface area contributed by atoms with Crippen molar-refractivity contribution in [1.82, 2.24) is 5.32 Å². The van der Waals surface area contributed by atoms with Crippen LogP contribution in [-0.2, 0) is 0 Å². The number of nitrogens with one attached hydrogen (secondary N) is 1. The van der Waals surface area contributed by atoms with Gasteiger partial charge in [-0.15, -0.1) is 0 Å². The van der Waals surface area contributed by atoms with E-state index in [0.717, 1.165) is 17.9 Å². The normalized spacial score (nSPS) is 14.2. The Hall–Kier alpha value is -0.710. The molecule has 2 N–H and O–H groups in total. The van der Waals surface area contributed by atoms with E-state index in [9.17, 15) is 0 Å². The molecule has 0 aromatic heterocycles. The van der Waals surface area contributed by atoms with E-state index in [1.807, 2.05) is 18.2 Å². The zero-order valence-electron chi connectivity index (χ0n) is 11.3. The Labute approximate surface area is 114 Å². The fourth-order valence-corrected chi connectivity index (χ4v) is 2.60. The zero-order chi connectivity index (χ0) is 13.4. The van der Waals surface area contributed by atoms with E-state index in [2.05, 4.69) is 24.6 Å². The first-order valence-electron chi connectivity index (χ1n) is 6.21. The van der Waals surface area contributed by atoms with Gasteiger partial charge >= 0.3 is 0 Å². The number of rotatable bonds is 8. The highest BCUT2D eigenvalue weighted by molar-refractivity contribution is 7.98. The molecule has 0 saturated heterocycles. The molecular formula is C14H23NO2S. The monoisotopic (exact) mass is 269 g/mol. The number of ether oxygens (including phenoxy) is 1. The molecule has 0 saturated carbocycles. The van der Waals surface area contributed by atoms with E-state index in [1.165, 1.54) is 5.56 Å². The van der Waals surface area contributed by atoms with Gasteiger partial charge in [0.15, 0.2) is 0 Å². The second kappa shape index (κ2) is 8.40. The lowest BCUT2D eigenvalue weighted by Crippen LogP contribution is -2.34. The smallest absolute Gasteiger partial charge is 0.119 e. The molecule has 0 aliphatic carbocycles. The molecule has 0 heterocycles. The predicted octanol–water partition coefficient (Wildman–Crippen LogP) is 2.46. The lowest BCUT2D eigenvalue weighted by atomic mass is 10.1. The number of aliphatic hydroxyl groups excluding tert-OH is 1. The molecule has 18 heavy (non-hydrogen) atoms. The molecule has 0 fully saturated rings. The molecule has 1 aromatic rings. The topological polar surface area (TPSA) is 41.5 Å². The minimum Gasteiger partial charge on any atom is -0.497 e. The summed E-state index contributed by atoms with van der Waals surface area (Å²) < 4.78 is 5.23. The zero-order valence-corrected chi connectivity index (χ0v) is 12.2. The summed E-state index contributed by atoms with van der Waals surface area (Å²) >= 11 is 1.80. The van der Waals surface area contributed by atoms with Crippen molar-refractivity contribution < 1.29 is 9.84 Å².